The zero-order valence-corrected chi connectivity index (χ0v) is 11.1. The highest BCUT2D eigenvalue weighted by atomic mass is 79.9. The van der Waals surface area contributed by atoms with Gasteiger partial charge in [0.2, 0.25) is 5.88 Å². The minimum absolute atomic E-state index is 0.283. The maximum absolute atomic E-state index is 11.1. The third-order valence-corrected chi connectivity index (χ3v) is 4.87. The normalized spacial score (nSPS) is 10.5. The molecular weight excluding hydrogens is 348 g/mol. The summed E-state index contributed by atoms with van der Waals surface area (Å²) in [5.74, 6) is 0.0748. The molecule has 4 nitrogen and oxygen atoms in total. The molecule has 2 aromatic rings. The fourth-order valence-electron chi connectivity index (χ4n) is 1.02. The summed E-state index contributed by atoms with van der Waals surface area (Å²) in [5, 5.41) is 9.18. The van der Waals surface area contributed by atoms with Gasteiger partial charge in [-0.2, -0.15) is 4.98 Å². The van der Waals surface area contributed by atoms with Crippen molar-refractivity contribution in [2.24, 2.45) is 0 Å². The molecule has 2 rings (SSSR count). The number of aromatic amines is 1. The lowest BCUT2D eigenvalue weighted by Gasteiger charge is -1.95. The number of rotatable bonds is 1. The van der Waals surface area contributed by atoms with Crippen LogP contribution in [0.2, 0.25) is 0 Å². The molecule has 78 valence electrons. The second-order valence-corrected chi connectivity index (χ2v) is 5.91. The molecule has 0 spiro atoms. The van der Waals surface area contributed by atoms with Gasteiger partial charge in [0, 0.05) is 4.47 Å². The molecule has 2 N–H and O–H groups in total. The van der Waals surface area contributed by atoms with E-state index in [0.29, 0.717) is 5.82 Å². The molecule has 0 unspecified atom stereocenters. The van der Waals surface area contributed by atoms with Gasteiger partial charge in [0.1, 0.15) is 0 Å². The van der Waals surface area contributed by atoms with Crippen molar-refractivity contribution in [3.63, 3.8) is 0 Å². The van der Waals surface area contributed by atoms with Gasteiger partial charge in [-0.1, -0.05) is 0 Å². The average molecular weight is 352 g/mol. The molecule has 0 aliphatic heterocycles. The smallest absolute Gasteiger partial charge is 0.254 e. The lowest BCUT2D eigenvalue weighted by atomic mass is 10.4. The highest BCUT2D eigenvalue weighted by Crippen LogP contribution is 2.36. The summed E-state index contributed by atoms with van der Waals surface area (Å²) in [6.45, 7) is 0. The van der Waals surface area contributed by atoms with Crippen molar-refractivity contribution in [1.29, 1.82) is 0 Å². The van der Waals surface area contributed by atoms with Gasteiger partial charge in [-0.05, 0) is 37.9 Å². The van der Waals surface area contributed by atoms with Crippen molar-refractivity contribution in [3.8, 4) is 16.6 Å². The van der Waals surface area contributed by atoms with Crippen LogP contribution in [0.1, 0.15) is 0 Å². The Morgan fingerprint density at radius 1 is 1.40 bits per heavy atom. The Morgan fingerprint density at radius 2 is 2.13 bits per heavy atom. The number of nitrogens with one attached hydrogen (secondary N) is 1. The fourth-order valence-corrected chi connectivity index (χ4v) is 3.01. The molecule has 0 aromatic carbocycles. The molecule has 0 aliphatic carbocycles. The van der Waals surface area contributed by atoms with E-state index in [2.05, 4.69) is 41.8 Å². The van der Waals surface area contributed by atoms with Crippen molar-refractivity contribution in [1.82, 2.24) is 9.97 Å². The van der Waals surface area contributed by atoms with Gasteiger partial charge in [-0.25, -0.2) is 0 Å². The minimum atomic E-state index is -0.377. The highest BCUT2D eigenvalue weighted by Gasteiger charge is 2.09. The fraction of sp³-hybridized carbons (Fsp3) is 0. The first-order valence-electron chi connectivity index (χ1n) is 3.82. The lowest BCUT2D eigenvalue weighted by molar-refractivity contribution is 0.452. The van der Waals surface area contributed by atoms with Crippen LogP contribution in [0.25, 0.3) is 10.7 Å². The van der Waals surface area contributed by atoms with Crippen LogP contribution < -0.4 is 5.56 Å². The Bertz CT molecular complexity index is 545. The predicted molar refractivity (Wildman–Crippen MR) is 65.2 cm³/mol. The number of aromatic nitrogens is 2. The molecule has 0 aliphatic rings. The average Bonchev–Trinajstić information content (AvgIpc) is 2.45. The maximum Gasteiger partial charge on any atom is 0.254 e. The maximum atomic E-state index is 11.1. The standard InChI is InChI=1S/C8H4Br2N2O2S/c9-3-1-4(15-7(3)10)8-11-5(13)2-6(14)12-8/h1-2H,(H2,11,12,13,14). The van der Waals surface area contributed by atoms with Crippen LogP contribution in [-0.4, -0.2) is 15.1 Å². The van der Waals surface area contributed by atoms with E-state index in [9.17, 15) is 9.90 Å². The van der Waals surface area contributed by atoms with E-state index in [-0.39, 0.29) is 11.4 Å². The van der Waals surface area contributed by atoms with E-state index in [1.165, 1.54) is 11.3 Å². The number of H-pyrrole nitrogens is 1. The topological polar surface area (TPSA) is 66.0 Å². The van der Waals surface area contributed by atoms with Crippen LogP contribution in [0.15, 0.2) is 25.2 Å². The SMILES string of the molecule is O=c1cc(O)nc(-c2cc(Br)c(Br)s2)[nH]1. The quantitative estimate of drug-likeness (QED) is 0.830. The summed E-state index contributed by atoms with van der Waals surface area (Å²) in [7, 11) is 0. The second kappa shape index (κ2) is 4.07. The Kier molecular flexibility index (Phi) is 2.94. The van der Waals surface area contributed by atoms with Gasteiger partial charge < -0.3 is 10.1 Å². The van der Waals surface area contributed by atoms with Gasteiger partial charge in [0.15, 0.2) is 5.82 Å². The van der Waals surface area contributed by atoms with Crippen LogP contribution >= 0.6 is 43.2 Å². The van der Waals surface area contributed by atoms with Gasteiger partial charge in [0.25, 0.3) is 5.56 Å². The van der Waals surface area contributed by atoms with Crippen molar-refractivity contribution in [2.45, 2.75) is 0 Å². The first-order valence-corrected chi connectivity index (χ1v) is 6.22. The van der Waals surface area contributed by atoms with E-state index < -0.39 is 0 Å². The Balaban J connectivity index is 2.58. The van der Waals surface area contributed by atoms with E-state index in [4.69, 9.17) is 0 Å². The van der Waals surface area contributed by atoms with Gasteiger partial charge in [0.05, 0.1) is 14.7 Å². The summed E-state index contributed by atoms with van der Waals surface area (Å²) < 4.78 is 1.79. The molecule has 2 aromatic heterocycles. The molecule has 15 heavy (non-hydrogen) atoms. The molecule has 0 saturated carbocycles. The Labute approximate surface area is 105 Å². The zero-order valence-electron chi connectivity index (χ0n) is 7.12. The third-order valence-electron chi connectivity index (χ3n) is 1.61. The summed E-state index contributed by atoms with van der Waals surface area (Å²) in [6.07, 6.45) is 0. The molecule has 0 radical (unpaired) electrons. The molecule has 7 heteroatoms. The summed E-state index contributed by atoms with van der Waals surface area (Å²) >= 11 is 8.08. The summed E-state index contributed by atoms with van der Waals surface area (Å²) in [6, 6.07) is 2.84. The van der Waals surface area contributed by atoms with Crippen LogP contribution in [0.3, 0.4) is 0 Å². The predicted octanol–water partition coefficient (Wildman–Crippen LogP) is 2.73. The Morgan fingerprint density at radius 3 is 2.67 bits per heavy atom. The van der Waals surface area contributed by atoms with Gasteiger partial charge >= 0.3 is 0 Å². The van der Waals surface area contributed by atoms with Crippen molar-refractivity contribution >= 4 is 43.2 Å². The van der Waals surface area contributed by atoms with E-state index in [1.54, 1.807) is 0 Å². The Hall–Kier alpha value is -0.660. The first-order chi connectivity index (χ1) is 7.06. The molecule has 0 atom stereocenters. The van der Waals surface area contributed by atoms with Crippen molar-refractivity contribution < 1.29 is 5.11 Å². The highest BCUT2D eigenvalue weighted by molar-refractivity contribution is 9.13. The van der Waals surface area contributed by atoms with Crippen molar-refractivity contribution in [2.75, 3.05) is 0 Å². The van der Waals surface area contributed by atoms with Crippen LogP contribution in [-0.2, 0) is 0 Å². The minimum Gasteiger partial charge on any atom is -0.493 e. The zero-order chi connectivity index (χ0) is 11.0. The third kappa shape index (κ3) is 2.30. The largest absolute Gasteiger partial charge is 0.493 e. The first kappa shape index (κ1) is 10.8. The number of halogens is 2. The van der Waals surface area contributed by atoms with Crippen LogP contribution in [0, 0.1) is 0 Å². The monoisotopic (exact) mass is 350 g/mol. The molecule has 0 fully saturated rings. The van der Waals surface area contributed by atoms with E-state index >= 15 is 0 Å². The second-order valence-electron chi connectivity index (χ2n) is 2.68. The van der Waals surface area contributed by atoms with Crippen LogP contribution in [0.4, 0.5) is 0 Å². The van der Waals surface area contributed by atoms with Gasteiger partial charge in [-0.15, -0.1) is 11.3 Å². The van der Waals surface area contributed by atoms with Gasteiger partial charge in [-0.3, -0.25) is 4.79 Å². The lowest BCUT2D eigenvalue weighted by Crippen LogP contribution is -2.05. The van der Waals surface area contributed by atoms with Crippen molar-refractivity contribution in [3.05, 3.63) is 30.7 Å². The molecule has 0 amide bonds. The number of nitrogens with zero attached hydrogens (tertiary/aromatic N) is 1. The summed E-state index contributed by atoms with van der Waals surface area (Å²) in [5.41, 5.74) is -0.377. The summed E-state index contributed by atoms with van der Waals surface area (Å²) in [4.78, 5) is 18.2. The number of hydrogen-bond donors (Lipinski definition) is 2. The molecule has 0 bridgehead atoms. The number of hydrogen-bond acceptors (Lipinski definition) is 4. The number of thiophene rings is 1. The van der Waals surface area contributed by atoms with E-state index in [1.807, 2.05) is 6.07 Å². The molecule has 0 saturated heterocycles. The molecule has 2 heterocycles. The van der Waals surface area contributed by atoms with Crippen LogP contribution in [0.5, 0.6) is 5.88 Å². The number of aromatic hydroxyl groups is 1. The molecular formula is C8H4Br2N2O2S. The van der Waals surface area contributed by atoms with E-state index in [0.717, 1.165) is 19.2 Å².